The Morgan fingerprint density at radius 2 is 2.38 bits per heavy atom. The highest BCUT2D eigenvalue weighted by Gasteiger charge is 2.30. The van der Waals surface area contributed by atoms with Crippen molar-refractivity contribution in [3.63, 3.8) is 0 Å². The van der Waals surface area contributed by atoms with Crippen LogP contribution in [0.5, 0.6) is 11.5 Å². The highest BCUT2D eigenvalue weighted by Crippen LogP contribution is 2.44. The SMILES string of the molecule is COc1cc2c(c(O)c1Cl)CC(C(=O)O)N2. The van der Waals surface area contributed by atoms with Crippen molar-refractivity contribution in [3.8, 4) is 11.5 Å². The summed E-state index contributed by atoms with van der Waals surface area (Å²) in [4.78, 5) is 10.8. The number of ether oxygens (including phenoxy) is 1. The molecule has 0 saturated heterocycles. The maximum Gasteiger partial charge on any atom is 0.326 e. The maximum absolute atomic E-state index is 10.8. The molecule has 1 aliphatic rings. The molecule has 1 aromatic rings. The molecule has 0 bridgehead atoms. The average Bonchev–Trinajstić information content (AvgIpc) is 2.67. The Hall–Kier alpha value is -1.62. The smallest absolute Gasteiger partial charge is 0.326 e. The van der Waals surface area contributed by atoms with Gasteiger partial charge in [0.2, 0.25) is 0 Å². The van der Waals surface area contributed by atoms with Gasteiger partial charge in [-0.25, -0.2) is 4.79 Å². The zero-order chi connectivity index (χ0) is 11.9. The van der Waals surface area contributed by atoms with Crippen LogP contribution in [-0.4, -0.2) is 29.3 Å². The van der Waals surface area contributed by atoms with Gasteiger partial charge in [0.1, 0.15) is 22.6 Å². The number of nitrogens with one attached hydrogen (secondary N) is 1. The summed E-state index contributed by atoms with van der Waals surface area (Å²) in [7, 11) is 1.43. The van der Waals surface area contributed by atoms with Crippen molar-refractivity contribution in [2.75, 3.05) is 12.4 Å². The number of carboxylic acids is 1. The molecule has 0 aromatic heterocycles. The Balaban J connectivity index is 2.46. The number of carbonyl (C=O) groups is 1. The lowest BCUT2D eigenvalue weighted by molar-refractivity contribution is -0.137. The summed E-state index contributed by atoms with van der Waals surface area (Å²) < 4.78 is 4.97. The molecule has 2 rings (SSSR count). The molecular formula is C10H10ClNO4. The molecule has 0 aliphatic carbocycles. The summed E-state index contributed by atoms with van der Waals surface area (Å²) in [6.45, 7) is 0. The van der Waals surface area contributed by atoms with Crippen LogP contribution in [0.15, 0.2) is 6.07 Å². The standard InChI is InChI=1S/C10H10ClNO4/c1-16-7-3-5-4(9(13)8(7)11)2-6(12-5)10(14)15/h3,6,12-13H,2H2,1H3,(H,14,15). The van der Waals surface area contributed by atoms with Gasteiger partial charge in [0, 0.05) is 23.7 Å². The third-order valence-electron chi connectivity index (χ3n) is 2.57. The number of carboxylic acid groups (broad SMARTS) is 1. The van der Waals surface area contributed by atoms with E-state index in [1.807, 2.05) is 0 Å². The van der Waals surface area contributed by atoms with E-state index in [9.17, 15) is 9.90 Å². The second-order valence-corrected chi connectivity index (χ2v) is 3.88. The van der Waals surface area contributed by atoms with Gasteiger partial charge in [0.15, 0.2) is 0 Å². The summed E-state index contributed by atoms with van der Waals surface area (Å²) in [5.41, 5.74) is 1.06. The van der Waals surface area contributed by atoms with Crippen molar-refractivity contribution >= 4 is 23.3 Å². The van der Waals surface area contributed by atoms with Crippen molar-refractivity contribution in [1.82, 2.24) is 0 Å². The number of hydrogen-bond acceptors (Lipinski definition) is 4. The first kappa shape index (κ1) is 10.9. The van der Waals surface area contributed by atoms with Gasteiger partial charge in [-0.2, -0.15) is 0 Å². The Kier molecular flexibility index (Phi) is 2.55. The van der Waals surface area contributed by atoms with Gasteiger partial charge in [-0.05, 0) is 0 Å². The quantitative estimate of drug-likeness (QED) is 0.733. The molecule has 0 spiro atoms. The zero-order valence-electron chi connectivity index (χ0n) is 8.45. The van der Waals surface area contributed by atoms with E-state index in [4.69, 9.17) is 21.4 Å². The lowest BCUT2D eigenvalue weighted by atomic mass is 10.1. The number of hydrogen-bond donors (Lipinski definition) is 3. The lowest BCUT2D eigenvalue weighted by Crippen LogP contribution is -2.26. The Morgan fingerprint density at radius 1 is 1.69 bits per heavy atom. The molecule has 0 saturated carbocycles. The molecule has 6 heteroatoms. The van der Waals surface area contributed by atoms with Gasteiger partial charge < -0.3 is 20.3 Å². The van der Waals surface area contributed by atoms with E-state index in [2.05, 4.69) is 5.32 Å². The number of rotatable bonds is 2. The van der Waals surface area contributed by atoms with Crippen LogP contribution in [0.3, 0.4) is 0 Å². The first-order valence-corrected chi connectivity index (χ1v) is 5.00. The topological polar surface area (TPSA) is 78.8 Å². The second-order valence-electron chi connectivity index (χ2n) is 3.51. The molecule has 1 atom stereocenters. The van der Waals surface area contributed by atoms with Crippen LogP contribution in [0.25, 0.3) is 0 Å². The maximum atomic E-state index is 10.8. The Morgan fingerprint density at radius 3 is 2.94 bits per heavy atom. The van der Waals surface area contributed by atoms with Crippen LogP contribution in [-0.2, 0) is 11.2 Å². The molecule has 1 heterocycles. The number of aromatic hydroxyl groups is 1. The molecule has 5 nitrogen and oxygen atoms in total. The summed E-state index contributed by atoms with van der Waals surface area (Å²) >= 11 is 5.85. The van der Waals surface area contributed by atoms with Crippen LogP contribution in [0.1, 0.15) is 5.56 Å². The van der Waals surface area contributed by atoms with Crippen molar-refractivity contribution < 1.29 is 19.7 Å². The third-order valence-corrected chi connectivity index (χ3v) is 2.93. The zero-order valence-corrected chi connectivity index (χ0v) is 9.21. The number of aliphatic carboxylic acids is 1. The van der Waals surface area contributed by atoms with E-state index >= 15 is 0 Å². The van der Waals surface area contributed by atoms with Crippen molar-refractivity contribution in [2.24, 2.45) is 0 Å². The van der Waals surface area contributed by atoms with Crippen molar-refractivity contribution in [1.29, 1.82) is 0 Å². The van der Waals surface area contributed by atoms with Crippen LogP contribution in [0.4, 0.5) is 5.69 Å². The van der Waals surface area contributed by atoms with Gasteiger partial charge >= 0.3 is 5.97 Å². The summed E-state index contributed by atoms with van der Waals surface area (Å²) in [6.07, 6.45) is 0.209. The second kappa shape index (κ2) is 3.75. The molecule has 0 amide bonds. The molecule has 1 unspecified atom stereocenters. The van der Waals surface area contributed by atoms with Gasteiger partial charge in [-0.3, -0.25) is 0 Å². The number of methoxy groups -OCH3 is 1. The van der Waals surface area contributed by atoms with Crippen molar-refractivity contribution in [3.05, 3.63) is 16.7 Å². The van der Waals surface area contributed by atoms with E-state index in [1.165, 1.54) is 7.11 Å². The minimum absolute atomic E-state index is 0.106. The number of phenols is 1. The molecule has 3 N–H and O–H groups in total. The molecular weight excluding hydrogens is 234 g/mol. The first-order valence-electron chi connectivity index (χ1n) is 4.62. The largest absolute Gasteiger partial charge is 0.506 e. The normalized spacial score (nSPS) is 17.8. The predicted molar refractivity (Wildman–Crippen MR) is 58.4 cm³/mol. The average molecular weight is 244 g/mol. The number of phenolic OH excluding ortho intramolecular Hbond substituents is 1. The number of halogens is 1. The minimum Gasteiger partial charge on any atom is -0.506 e. The summed E-state index contributed by atoms with van der Waals surface area (Å²) in [5, 5.41) is 21.5. The van der Waals surface area contributed by atoms with Gasteiger partial charge in [-0.15, -0.1) is 0 Å². The fourth-order valence-electron chi connectivity index (χ4n) is 1.73. The molecule has 0 fully saturated rings. The van der Waals surface area contributed by atoms with E-state index in [0.29, 0.717) is 17.0 Å². The molecule has 16 heavy (non-hydrogen) atoms. The Labute approximate surface area is 96.6 Å². The lowest BCUT2D eigenvalue weighted by Gasteiger charge is -2.09. The fraction of sp³-hybridized carbons (Fsp3) is 0.300. The summed E-state index contributed by atoms with van der Waals surface area (Å²) in [5.74, 6) is -0.769. The van der Waals surface area contributed by atoms with Gasteiger partial charge in [-0.1, -0.05) is 11.6 Å². The molecule has 1 aliphatic heterocycles. The van der Waals surface area contributed by atoms with Gasteiger partial charge in [0.05, 0.1) is 7.11 Å². The predicted octanol–water partition coefficient (Wildman–Crippen LogP) is 1.48. The molecule has 1 aromatic carbocycles. The van der Waals surface area contributed by atoms with E-state index in [-0.39, 0.29) is 17.2 Å². The highest BCUT2D eigenvalue weighted by atomic mass is 35.5. The van der Waals surface area contributed by atoms with E-state index in [0.717, 1.165) is 0 Å². The fourth-order valence-corrected chi connectivity index (χ4v) is 1.98. The van der Waals surface area contributed by atoms with Crippen LogP contribution in [0.2, 0.25) is 5.02 Å². The van der Waals surface area contributed by atoms with Crippen LogP contribution < -0.4 is 10.1 Å². The molecule has 0 radical (unpaired) electrons. The first-order chi connectivity index (χ1) is 7.54. The van der Waals surface area contributed by atoms with Crippen LogP contribution in [0, 0.1) is 0 Å². The van der Waals surface area contributed by atoms with E-state index < -0.39 is 12.0 Å². The molecule has 86 valence electrons. The summed E-state index contributed by atoms with van der Waals surface area (Å²) in [6, 6.07) is 0.851. The van der Waals surface area contributed by atoms with E-state index in [1.54, 1.807) is 6.07 Å². The van der Waals surface area contributed by atoms with Crippen molar-refractivity contribution in [2.45, 2.75) is 12.5 Å². The monoisotopic (exact) mass is 243 g/mol. The number of fused-ring (bicyclic) bond motifs is 1. The third kappa shape index (κ3) is 1.53. The Bertz CT molecular complexity index is 461. The minimum atomic E-state index is -0.967. The number of benzene rings is 1. The van der Waals surface area contributed by atoms with Gasteiger partial charge in [0.25, 0.3) is 0 Å². The van der Waals surface area contributed by atoms with Crippen LogP contribution >= 0.6 is 11.6 Å². The number of anilines is 1. The highest BCUT2D eigenvalue weighted by molar-refractivity contribution is 6.33.